The Hall–Kier alpha value is -0.290. The number of hydrogen-bond donors (Lipinski definition) is 1. The molecule has 0 aliphatic rings. The van der Waals surface area contributed by atoms with Crippen molar-refractivity contribution in [2.24, 2.45) is 0 Å². The summed E-state index contributed by atoms with van der Waals surface area (Å²) in [4.78, 5) is 9.25. The fraction of sp³-hybridized carbons (Fsp3) is 0.692. The molecule has 18 heavy (non-hydrogen) atoms. The minimum atomic E-state index is 0.606. The van der Waals surface area contributed by atoms with Crippen LogP contribution in [0, 0.1) is 0 Å². The average Bonchev–Trinajstić information content (AvgIpc) is 2.32. The highest BCUT2D eigenvalue weighted by Crippen LogP contribution is 2.26. The average molecular weight is 332 g/mol. The Kier molecular flexibility index (Phi) is 7.00. The molecule has 3 nitrogen and oxygen atoms in total. The number of thioether (sulfide) groups is 1. The Bertz CT molecular complexity index is 355. The molecular formula is C13H22BrN3S. The predicted molar refractivity (Wildman–Crippen MR) is 84.3 cm³/mol. The number of aryl methyl sites for hydroxylation is 1. The van der Waals surface area contributed by atoms with Gasteiger partial charge in [0.25, 0.3) is 0 Å². The van der Waals surface area contributed by atoms with Crippen molar-refractivity contribution in [1.82, 2.24) is 9.97 Å². The molecule has 1 heterocycles. The van der Waals surface area contributed by atoms with Crippen LogP contribution in [0.15, 0.2) is 4.47 Å². The van der Waals surface area contributed by atoms with Crippen molar-refractivity contribution in [2.75, 3.05) is 11.9 Å². The molecule has 5 heteroatoms. The summed E-state index contributed by atoms with van der Waals surface area (Å²) in [6.45, 7) is 9.52. The first-order chi connectivity index (χ1) is 8.58. The quantitative estimate of drug-likeness (QED) is 0.809. The van der Waals surface area contributed by atoms with Gasteiger partial charge in [-0.15, -0.1) is 0 Å². The molecule has 1 aromatic heterocycles. The lowest BCUT2D eigenvalue weighted by Crippen LogP contribution is -2.08. The van der Waals surface area contributed by atoms with Crippen LogP contribution in [0.3, 0.4) is 0 Å². The van der Waals surface area contributed by atoms with Crippen molar-refractivity contribution in [3.05, 3.63) is 16.0 Å². The van der Waals surface area contributed by atoms with Gasteiger partial charge in [0.15, 0.2) is 0 Å². The van der Waals surface area contributed by atoms with E-state index in [2.05, 4.69) is 58.9 Å². The molecule has 0 aliphatic carbocycles. The maximum atomic E-state index is 4.66. The molecule has 102 valence electrons. The molecule has 0 bridgehead atoms. The summed E-state index contributed by atoms with van der Waals surface area (Å²) in [6, 6.07) is 0. The summed E-state index contributed by atoms with van der Waals surface area (Å²) in [5.41, 5.74) is 1.11. The van der Waals surface area contributed by atoms with Crippen LogP contribution in [0.2, 0.25) is 0 Å². The van der Waals surface area contributed by atoms with E-state index in [4.69, 9.17) is 0 Å². The Morgan fingerprint density at radius 1 is 1.28 bits per heavy atom. The first-order valence-corrected chi connectivity index (χ1v) is 8.33. The molecule has 0 radical (unpaired) electrons. The maximum Gasteiger partial charge on any atom is 0.144 e. The molecule has 0 amide bonds. The van der Waals surface area contributed by atoms with E-state index in [0.717, 1.165) is 46.9 Å². The van der Waals surface area contributed by atoms with Gasteiger partial charge in [0, 0.05) is 6.54 Å². The highest BCUT2D eigenvalue weighted by atomic mass is 79.9. The zero-order chi connectivity index (χ0) is 13.5. The van der Waals surface area contributed by atoms with Gasteiger partial charge < -0.3 is 5.32 Å². The van der Waals surface area contributed by atoms with E-state index in [1.807, 2.05) is 11.8 Å². The van der Waals surface area contributed by atoms with E-state index in [1.54, 1.807) is 0 Å². The SMILES string of the molecule is CCCc1nc(CSC(C)C)nc(NCC)c1Br. The summed E-state index contributed by atoms with van der Waals surface area (Å²) in [7, 11) is 0. The van der Waals surface area contributed by atoms with E-state index < -0.39 is 0 Å². The lowest BCUT2D eigenvalue weighted by Gasteiger charge is -2.12. The second-order valence-corrected chi connectivity index (χ2v) is 6.75. The van der Waals surface area contributed by atoms with Crippen LogP contribution >= 0.6 is 27.7 Å². The van der Waals surface area contributed by atoms with Gasteiger partial charge in [-0.2, -0.15) is 11.8 Å². The third-order valence-corrected chi connectivity index (χ3v) is 4.27. The van der Waals surface area contributed by atoms with Crippen molar-refractivity contribution < 1.29 is 0 Å². The normalized spacial score (nSPS) is 11.0. The van der Waals surface area contributed by atoms with Gasteiger partial charge in [0.05, 0.1) is 15.9 Å². The monoisotopic (exact) mass is 331 g/mol. The number of nitrogens with zero attached hydrogens (tertiary/aromatic N) is 2. The van der Waals surface area contributed by atoms with E-state index in [1.165, 1.54) is 0 Å². The van der Waals surface area contributed by atoms with Gasteiger partial charge in [-0.25, -0.2) is 9.97 Å². The van der Waals surface area contributed by atoms with Gasteiger partial charge in [0.2, 0.25) is 0 Å². The molecule has 0 aromatic carbocycles. The third-order valence-electron chi connectivity index (χ3n) is 2.34. The Labute approximate surface area is 123 Å². The van der Waals surface area contributed by atoms with Crippen LogP contribution in [0.25, 0.3) is 0 Å². The van der Waals surface area contributed by atoms with Crippen molar-refractivity contribution >= 4 is 33.5 Å². The molecule has 0 unspecified atom stereocenters. The first-order valence-electron chi connectivity index (χ1n) is 6.49. The maximum absolute atomic E-state index is 4.66. The molecule has 0 fully saturated rings. The van der Waals surface area contributed by atoms with Gasteiger partial charge in [-0.1, -0.05) is 27.2 Å². The smallest absolute Gasteiger partial charge is 0.144 e. The van der Waals surface area contributed by atoms with E-state index in [9.17, 15) is 0 Å². The molecular weight excluding hydrogens is 310 g/mol. The summed E-state index contributed by atoms with van der Waals surface area (Å²) in [6.07, 6.45) is 2.08. The van der Waals surface area contributed by atoms with Gasteiger partial charge in [-0.05, 0) is 34.5 Å². The van der Waals surface area contributed by atoms with Gasteiger partial charge in [0.1, 0.15) is 11.6 Å². The van der Waals surface area contributed by atoms with Crippen LogP contribution in [0.4, 0.5) is 5.82 Å². The zero-order valence-electron chi connectivity index (χ0n) is 11.6. The van der Waals surface area contributed by atoms with E-state index in [0.29, 0.717) is 5.25 Å². The van der Waals surface area contributed by atoms with Crippen LogP contribution in [-0.2, 0) is 12.2 Å². The highest BCUT2D eigenvalue weighted by molar-refractivity contribution is 9.10. The summed E-state index contributed by atoms with van der Waals surface area (Å²) in [5.74, 6) is 2.73. The molecule has 1 N–H and O–H groups in total. The number of rotatable bonds is 7. The minimum Gasteiger partial charge on any atom is -0.369 e. The molecule has 0 spiro atoms. The number of halogens is 1. The second kappa shape index (κ2) is 8.00. The standard InChI is InChI=1S/C13H22BrN3S/c1-5-7-10-12(14)13(15-6-2)17-11(16-10)8-18-9(3)4/h9H,5-8H2,1-4H3,(H,15,16,17). The van der Waals surface area contributed by atoms with Crippen molar-refractivity contribution in [3.63, 3.8) is 0 Å². The zero-order valence-corrected chi connectivity index (χ0v) is 14.0. The Morgan fingerprint density at radius 3 is 2.56 bits per heavy atom. The number of aromatic nitrogens is 2. The fourth-order valence-corrected chi connectivity index (χ4v) is 2.66. The summed E-state index contributed by atoms with van der Waals surface area (Å²) >= 11 is 5.48. The van der Waals surface area contributed by atoms with Gasteiger partial charge >= 0.3 is 0 Å². The highest BCUT2D eigenvalue weighted by Gasteiger charge is 2.11. The largest absolute Gasteiger partial charge is 0.369 e. The number of hydrogen-bond acceptors (Lipinski definition) is 4. The van der Waals surface area contributed by atoms with Crippen LogP contribution in [0.1, 0.15) is 45.6 Å². The molecule has 1 rings (SSSR count). The second-order valence-electron chi connectivity index (χ2n) is 4.39. The van der Waals surface area contributed by atoms with E-state index >= 15 is 0 Å². The topological polar surface area (TPSA) is 37.8 Å². The molecule has 0 aliphatic heterocycles. The Balaban J connectivity index is 2.95. The Morgan fingerprint density at radius 2 is 2.00 bits per heavy atom. The predicted octanol–water partition coefficient (Wildman–Crippen LogP) is 4.27. The van der Waals surface area contributed by atoms with Crippen molar-refractivity contribution in [2.45, 2.75) is 51.5 Å². The number of anilines is 1. The summed E-state index contributed by atoms with van der Waals surface area (Å²) in [5, 5.41) is 3.90. The number of nitrogens with one attached hydrogen (secondary N) is 1. The molecule has 0 atom stereocenters. The van der Waals surface area contributed by atoms with Gasteiger partial charge in [-0.3, -0.25) is 0 Å². The molecule has 1 aromatic rings. The van der Waals surface area contributed by atoms with Crippen LogP contribution in [-0.4, -0.2) is 21.8 Å². The molecule has 0 saturated carbocycles. The van der Waals surface area contributed by atoms with Crippen molar-refractivity contribution in [1.29, 1.82) is 0 Å². The molecule has 0 saturated heterocycles. The lowest BCUT2D eigenvalue weighted by molar-refractivity contribution is 0.845. The van der Waals surface area contributed by atoms with Crippen LogP contribution < -0.4 is 5.32 Å². The van der Waals surface area contributed by atoms with E-state index in [-0.39, 0.29) is 0 Å². The lowest BCUT2D eigenvalue weighted by atomic mass is 10.2. The summed E-state index contributed by atoms with van der Waals surface area (Å²) < 4.78 is 1.02. The third kappa shape index (κ3) is 4.76. The first kappa shape index (κ1) is 15.8. The fourth-order valence-electron chi connectivity index (χ4n) is 1.54. The minimum absolute atomic E-state index is 0.606. The van der Waals surface area contributed by atoms with Crippen molar-refractivity contribution in [3.8, 4) is 0 Å². The van der Waals surface area contributed by atoms with Crippen LogP contribution in [0.5, 0.6) is 0 Å².